The first-order valence-corrected chi connectivity index (χ1v) is 8.90. The lowest BCUT2D eigenvalue weighted by Gasteiger charge is -2.11. The molecule has 0 aliphatic carbocycles. The normalized spacial score (nSPS) is 10.9. The molecule has 5 rings (SSSR count). The molecule has 0 spiro atoms. The Morgan fingerprint density at radius 3 is 2.59 bits per heavy atom. The zero-order valence-corrected chi connectivity index (χ0v) is 15.1. The summed E-state index contributed by atoms with van der Waals surface area (Å²) in [7, 11) is 0. The number of halogens is 1. The Bertz CT molecular complexity index is 1260. The highest BCUT2D eigenvalue weighted by atomic mass is 19.1. The molecule has 140 valence electrons. The van der Waals surface area contributed by atoms with Gasteiger partial charge in [-0.2, -0.15) is 5.10 Å². The minimum absolute atomic E-state index is 0.369. The van der Waals surface area contributed by atoms with Crippen LogP contribution in [-0.4, -0.2) is 35.0 Å². The number of para-hydroxylation sites is 1. The summed E-state index contributed by atoms with van der Waals surface area (Å²) in [6.45, 7) is 0. The van der Waals surface area contributed by atoms with Gasteiger partial charge in [-0.15, -0.1) is 15.0 Å². The first-order valence-electron chi connectivity index (χ1n) is 8.90. The lowest BCUT2D eigenvalue weighted by molar-refractivity contribution is 0.621. The van der Waals surface area contributed by atoms with Crippen LogP contribution in [0.4, 0.5) is 4.39 Å². The molecule has 0 amide bonds. The summed E-state index contributed by atoms with van der Waals surface area (Å²) in [5.74, 6) is -0.0298. The standard InChI is InChI=1S/C21H14FN7/c22-16-12-15(18-6-1-2-8-20(18)28-11-5-10-24-28)13-17(14-16)29-26-21(25-27-29)19-7-3-4-9-23-19/h1-14H. The van der Waals surface area contributed by atoms with Crippen LogP contribution >= 0.6 is 0 Å². The smallest absolute Gasteiger partial charge is 0.223 e. The molecule has 8 heteroatoms. The van der Waals surface area contributed by atoms with Crippen molar-refractivity contribution in [3.05, 3.63) is 91.1 Å². The molecule has 5 aromatic rings. The molecule has 0 saturated heterocycles. The van der Waals surface area contributed by atoms with E-state index in [-0.39, 0.29) is 0 Å². The van der Waals surface area contributed by atoms with E-state index in [4.69, 9.17) is 0 Å². The Morgan fingerprint density at radius 1 is 0.862 bits per heavy atom. The van der Waals surface area contributed by atoms with Gasteiger partial charge in [-0.1, -0.05) is 24.3 Å². The summed E-state index contributed by atoms with van der Waals surface area (Å²) in [4.78, 5) is 5.52. The van der Waals surface area contributed by atoms with Crippen molar-refractivity contribution in [3.8, 4) is 34.0 Å². The Kier molecular flexibility index (Phi) is 4.14. The first kappa shape index (κ1) is 16.9. The average molecular weight is 383 g/mol. The van der Waals surface area contributed by atoms with Gasteiger partial charge in [0.1, 0.15) is 11.5 Å². The Balaban J connectivity index is 1.59. The van der Waals surface area contributed by atoms with E-state index in [0.717, 1.165) is 11.3 Å². The molecule has 3 aromatic heterocycles. The van der Waals surface area contributed by atoms with Gasteiger partial charge in [0, 0.05) is 30.2 Å². The highest BCUT2D eigenvalue weighted by Crippen LogP contribution is 2.28. The Labute approximate surface area is 165 Å². The molecule has 7 nitrogen and oxygen atoms in total. The van der Waals surface area contributed by atoms with Crippen molar-refractivity contribution >= 4 is 0 Å². The molecular formula is C21H14FN7. The number of pyridine rings is 1. The van der Waals surface area contributed by atoms with Crippen LogP contribution in [0.1, 0.15) is 0 Å². The quantitative estimate of drug-likeness (QED) is 0.473. The molecule has 0 bridgehead atoms. The molecule has 2 aromatic carbocycles. The van der Waals surface area contributed by atoms with E-state index >= 15 is 0 Å². The fourth-order valence-corrected chi connectivity index (χ4v) is 3.10. The van der Waals surface area contributed by atoms with Crippen molar-refractivity contribution in [2.45, 2.75) is 0 Å². The molecule has 0 radical (unpaired) electrons. The van der Waals surface area contributed by atoms with E-state index in [1.807, 2.05) is 54.7 Å². The van der Waals surface area contributed by atoms with Crippen LogP contribution in [0.3, 0.4) is 0 Å². The Hall–Kier alpha value is -4.20. The largest absolute Gasteiger partial charge is 0.253 e. The highest BCUT2D eigenvalue weighted by molar-refractivity contribution is 5.74. The van der Waals surface area contributed by atoms with Crippen LogP contribution < -0.4 is 0 Å². The lowest BCUT2D eigenvalue weighted by Crippen LogP contribution is -2.02. The van der Waals surface area contributed by atoms with Gasteiger partial charge in [-0.25, -0.2) is 9.07 Å². The van der Waals surface area contributed by atoms with Crippen molar-refractivity contribution < 1.29 is 4.39 Å². The fraction of sp³-hybridized carbons (Fsp3) is 0. The molecule has 0 aliphatic rings. The van der Waals surface area contributed by atoms with Gasteiger partial charge in [-0.3, -0.25) is 4.98 Å². The van der Waals surface area contributed by atoms with E-state index in [9.17, 15) is 4.39 Å². The highest BCUT2D eigenvalue weighted by Gasteiger charge is 2.13. The third-order valence-electron chi connectivity index (χ3n) is 4.39. The maximum absolute atomic E-state index is 14.5. The van der Waals surface area contributed by atoms with E-state index in [2.05, 4.69) is 25.5 Å². The van der Waals surface area contributed by atoms with E-state index in [1.54, 1.807) is 23.1 Å². The maximum atomic E-state index is 14.5. The second-order valence-corrected chi connectivity index (χ2v) is 6.28. The summed E-state index contributed by atoms with van der Waals surface area (Å²) in [5, 5.41) is 16.7. The van der Waals surface area contributed by atoms with Gasteiger partial charge in [-0.05, 0) is 47.2 Å². The monoisotopic (exact) mass is 383 g/mol. The predicted molar refractivity (Wildman–Crippen MR) is 105 cm³/mol. The minimum Gasteiger partial charge on any atom is -0.253 e. The third-order valence-corrected chi connectivity index (χ3v) is 4.39. The van der Waals surface area contributed by atoms with Crippen LogP contribution in [0.5, 0.6) is 0 Å². The fourth-order valence-electron chi connectivity index (χ4n) is 3.10. The Morgan fingerprint density at radius 2 is 1.76 bits per heavy atom. The SMILES string of the molecule is Fc1cc(-c2ccccc2-n2cccn2)cc(-n2nnc(-c3ccccn3)n2)c1. The molecular weight excluding hydrogens is 369 g/mol. The van der Waals surface area contributed by atoms with E-state index in [0.29, 0.717) is 22.8 Å². The van der Waals surface area contributed by atoms with E-state index < -0.39 is 5.82 Å². The minimum atomic E-state index is -0.399. The number of aromatic nitrogens is 7. The number of hydrogen-bond acceptors (Lipinski definition) is 5. The van der Waals surface area contributed by atoms with Gasteiger partial charge >= 0.3 is 0 Å². The van der Waals surface area contributed by atoms with Crippen molar-refractivity contribution in [1.82, 2.24) is 35.0 Å². The van der Waals surface area contributed by atoms with Gasteiger partial charge in [0.05, 0.1) is 11.4 Å². The number of hydrogen-bond donors (Lipinski definition) is 0. The number of rotatable bonds is 4. The van der Waals surface area contributed by atoms with Crippen LogP contribution in [0.2, 0.25) is 0 Å². The van der Waals surface area contributed by atoms with Crippen molar-refractivity contribution in [2.24, 2.45) is 0 Å². The summed E-state index contributed by atoms with van der Waals surface area (Å²) < 4.78 is 16.2. The third kappa shape index (κ3) is 3.27. The van der Waals surface area contributed by atoms with Crippen LogP contribution in [0, 0.1) is 5.82 Å². The molecule has 0 unspecified atom stereocenters. The first-order chi connectivity index (χ1) is 14.3. The summed E-state index contributed by atoms with van der Waals surface area (Å²) >= 11 is 0. The molecule has 29 heavy (non-hydrogen) atoms. The zero-order valence-electron chi connectivity index (χ0n) is 15.1. The zero-order chi connectivity index (χ0) is 19.6. The number of nitrogens with zero attached hydrogens (tertiary/aromatic N) is 7. The van der Waals surface area contributed by atoms with Gasteiger partial charge in [0.15, 0.2) is 0 Å². The molecule has 0 aliphatic heterocycles. The number of benzene rings is 2. The number of tetrazole rings is 1. The second-order valence-electron chi connectivity index (χ2n) is 6.28. The van der Waals surface area contributed by atoms with Gasteiger partial charge < -0.3 is 0 Å². The predicted octanol–water partition coefficient (Wildman–Crippen LogP) is 3.72. The molecule has 0 saturated carbocycles. The molecule has 3 heterocycles. The molecule has 0 N–H and O–H groups in total. The average Bonchev–Trinajstić information content (AvgIpc) is 3.46. The van der Waals surface area contributed by atoms with Gasteiger partial charge in [0.25, 0.3) is 0 Å². The topological polar surface area (TPSA) is 74.3 Å². The van der Waals surface area contributed by atoms with E-state index in [1.165, 1.54) is 16.9 Å². The lowest BCUT2D eigenvalue weighted by atomic mass is 10.0. The summed E-state index contributed by atoms with van der Waals surface area (Å²) in [6, 6.07) is 19.6. The van der Waals surface area contributed by atoms with Crippen LogP contribution in [-0.2, 0) is 0 Å². The maximum Gasteiger partial charge on any atom is 0.223 e. The van der Waals surface area contributed by atoms with Crippen molar-refractivity contribution in [1.29, 1.82) is 0 Å². The molecule has 0 atom stereocenters. The van der Waals surface area contributed by atoms with Crippen molar-refractivity contribution in [3.63, 3.8) is 0 Å². The summed E-state index contributed by atoms with van der Waals surface area (Å²) in [6.07, 6.45) is 5.20. The van der Waals surface area contributed by atoms with Gasteiger partial charge in [0.2, 0.25) is 5.82 Å². The molecule has 0 fully saturated rings. The summed E-state index contributed by atoms with van der Waals surface area (Å²) in [5.41, 5.74) is 3.42. The van der Waals surface area contributed by atoms with Crippen LogP contribution in [0.15, 0.2) is 85.3 Å². The second kappa shape index (κ2) is 7.08. The van der Waals surface area contributed by atoms with Crippen LogP contribution in [0.25, 0.3) is 34.0 Å². The van der Waals surface area contributed by atoms with Crippen molar-refractivity contribution in [2.75, 3.05) is 0 Å².